The van der Waals surface area contributed by atoms with Crippen LogP contribution in [-0.2, 0) is 0 Å². The van der Waals surface area contributed by atoms with Crippen molar-refractivity contribution in [3.05, 3.63) is 46.5 Å². The van der Waals surface area contributed by atoms with Crippen LogP contribution in [0.3, 0.4) is 0 Å². The Hall–Kier alpha value is -1.38. The number of fused-ring (bicyclic) bond motifs is 3. The third kappa shape index (κ3) is 1.65. The molecular weight excluding hydrogens is 252 g/mol. The van der Waals surface area contributed by atoms with Gasteiger partial charge in [0.15, 0.2) is 6.29 Å². The van der Waals surface area contributed by atoms with Crippen LogP contribution in [0.15, 0.2) is 30.3 Å². The summed E-state index contributed by atoms with van der Waals surface area (Å²) in [6, 6.07) is 9.85. The molecule has 1 aromatic heterocycles. The molecule has 0 spiro atoms. The molecule has 3 heteroatoms. The number of rotatable bonds is 1. The van der Waals surface area contributed by atoms with E-state index in [0.29, 0.717) is 5.02 Å². The first-order valence-electron chi connectivity index (χ1n) is 5.26. The lowest BCUT2D eigenvalue weighted by molar-refractivity contribution is 0.112. The number of hydrogen-bond acceptors (Lipinski definition) is 2. The van der Waals surface area contributed by atoms with Crippen molar-refractivity contribution in [3.8, 4) is 0 Å². The topological polar surface area (TPSA) is 17.1 Å². The molecule has 3 rings (SSSR count). The Kier molecular flexibility index (Phi) is 2.42. The molecule has 0 radical (unpaired) electrons. The van der Waals surface area contributed by atoms with Gasteiger partial charge in [-0.15, -0.1) is 11.3 Å². The first-order chi connectivity index (χ1) is 8.19. The molecule has 1 nitrogen and oxygen atoms in total. The molecule has 0 aliphatic heterocycles. The summed E-state index contributed by atoms with van der Waals surface area (Å²) >= 11 is 7.72. The summed E-state index contributed by atoms with van der Waals surface area (Å²) in [5.41, 5.74) is 1.85. The minimum absolute atomic E-state index is 0.703. The quantitative estimate of drug-likeness (QED) is 0.573. The van der Waals surface area contributed by atoms with Gasteiger partial charge in [-0.2, -0.15) is 0 Å². The van der Waals surface area contributed by atoms with Gasteiger partial charge in [-0.1, -0.05) is 11.6 Å². The second-order valence-electron chi connectivity index (χ2n) is 4.09. The highest BCUT2D eigenvalue weighted by Gasteiger charge is 2.10. The van der Waals surface area contributed by atoms with Crippen LogP contribution in [0.4, 0.5) is 0 Å². The molecule has 0 aliphatic rings. The first-order valence-corrected chi connectivity index (χ1v) is 6.46. The van der Waals surface area contributed by atoms with Gasteiger partial charge in [0, 0.05) is 30.8 Å². The standard InChI is InChI=1S/C14H9ClOS/c1-8-4-9(7-16)14-11-6-10(15)2-3-12(11)17-13(14)5-8/h2-7H,1H3. The molecule has 0 aliphatic carbocycles. The monoisotopic (exact) mass is 260 g/mol. The minimum atomic E-state index is 0.703. The number of aryl methyl sites for hydroxylation is 1. The lowest BCUT2D eigenvalue weighted by Gasteiger charge is -1.99. The van der Waals surface area contributed by atoms with Crippen molar-refractivity contribution >= 4 is 49.4 Å². The van der Waals surface area contributed by atoms with Gasteiger partial charge in [-0.25, -0.2) is 0 Å². The van der Waals surface area contributed by atoms with Crippen LogP contribution in [0, 0.1) is 6.92 Å². The summed E-state index contributed by atoms with van der Waals surface area (Å²) in [7, 11) is 0. The number of thiophene rings is 1. The van der Waals surface area contributed by atoms with Gasteiger partial charge in [0.25, 0.3) is 0 Å². The van der Waals surface area contributed by atoms with Crippen LogP contribution < -0.4 is 0 Å². The highest BCUT2D eigenvalue weighted by atomic mass is 35.5. The SMILES string of the molecule is Cc1cc(C=O)c2c(c1)sc1ccc(Cl)cc12. The second-order valence-corrected chi connectivity index (χ2v) is 5.61. The summed E-state index contributed by atoms with van der Waals surface area (Å²) in [5, 5.41) is 2.79. The number of carbonyl (C=O) groups is 1. The van der Waals surface area contributed by atoms with Crippen molar-refractivity contribution in [3.63, 3.8) is 0 Å². The lowest BCUT2D eigenvalue weighted by atomic mass is 10.0. The minimum Gasteiger partial charge on any atom is -0.298 e. The van der Waals surface area contributed by atoms with Crippen molar-refractivity contribution in [1.29, 1.82) is 0 Å². The highest BCUT2D eigenvalue weighted by Crippen LogP contribution is 2.37. The van der Waals surface area contributed by atoms with E-state index in [4.69, 9.17) is 11.6 Å². The van der Waals surface area contributed by atoms with Crippen LogP contribution >= 0.6 is 22.9 Å². The molecule has 17 heavy (non-hydrogen) atoms. The Morgan fingerprint density at radius 3 is 2.76 bits per heavy atom. The fraction of sp³-hybridized carbons (Fsp3) is 0.0714. The van der Waals surface area contributed by atoms with E-state index in [2.05, 4.69) is 6.07 Å². The molecule has 0 unspecified atom stereocenters. The van der Waals surface area contributed by atoms with E-state index in [-0.39, 0.29) is 0 Å². The third-order valence-electron chi connectivity index (χ3n) is 2.83. The van der Waals surface area contributed by atoms with E-state index in [1.807, 2.05) is 31.2 Å². The molecule has 0 saturated heterocycles. The molecule has 84 valence electrons. The Morgan fingerprint density at radius 1 is 1.18 bits per heavy atom. The second kappa shape index (κ2) is 3.83. The number of benzene rings is 2. The number of halogens is 1. The summed E-state index contributed by atoms with van der Waals surface area (Å²) in [5.74, 6) is 0. The average molecular weight is 261 g/mol. The smallest absolute Gasteiger partial charge is 0.150 e. The summed E-state index contributed by atoms with van der Waals surface area (Å²) in [4.78, 5) is 11.2. The predicted molar refractivity (Wildman–Crippen MR) is 74.5 cm³/mol. The van der Waals surface area contributed by atoms with Crippen LogP contribution in [0.1, 0.15) is 15.9 Å². The van der Waals surface area contributed by atoms with Gasteiger partial charge < -0.3 is 0 Å². The molecule has 0 amide bonds. The maximum atomic E-state index is 11.2. The zero-order valence-corrected chi connectivity index (χ0v) is 10.7. The predicted octanol–water partition coefficient (Wildman–Crippen LogP) is 4.83. The number of hydrogen-bond donors (Lipinski definition) is 0. The first kappa shape index (κ1) is 10.8. The van der Waals surface area contributed by atoms with E-state index < -0.39 is 0 Å². The van der Waals surface area contributed by atoms with Gasteiger partial charge in [-0.05, 0) is 42.8 Å². The Labute approximate surface area is 108 Å². The van der Waals surface area contributed by atoms with Gasteiger partial charge in [0.05, 0.1) is 0 Å². The van der Waals surface area contributed by atoms with Crippen molar-refractivity contribution in [2.24, 2.45) is 0 Å². The Morgan fingerprint density at radius 2 is 2.00 bits per heavy atom. The third-order valence-corrected chi connectivity index (χ3v) is 4.19. The molecular formula is C14H9ClOS. The maximum absolute atomic E-state index is 11.2. The average Bonchev–Trinajstić information content (AvgIpc) is 2.65. The van der Waals surface area contributed by atoms with Crippen LogP contribution in [0.2, 0.25) is 5.02 Å². The Balaban J connectivity index is 2.58. The van der Waals surface area contributed by atoms with Crippen molar-refractivity contribution in [2.75, 3.05) is 0 Å². The maximum Gasteiger partial charge on any atom is 0.150 e. The summed E-state index contributed by atoms with van der Waals surface area (Å²) in [6.45, 7) is 2.00. The van der Waals surface area contributed by atoms with E-state index in [9.17, 15) is 4.79 Å². The molecule has 1 heterocycles. The molecule has 2 aromatic carbocycles. The van der Waals surface area contributed by atoms with Crippen LogP contribution in [-0.4, -0.2) is 6.29 Å². The highest BCUT2D eigenvalue weighted by molar-refractivity contribution is 7.25. The zero-order valence-electron chi connectivity index (χ0n) is 9.16. The molecule has 0 saturated carbocycles. The summed E-state index contributed by atoms with van der Waals surface area (Å²) in [6.07, 6.45) is 0.919. The van der Waals surface area contributed by atoms with Gasteiger partial charge in [0.1, 0.15) is 0 Å². The van der Waals surface area contributed by atoms with Gasteiger partial charge >= 0.3 is 0 Å². The van der Waals surface area contributed by atoms with E-state index in [0.717, 1.165) is 37.6 Å². The van der Waals surface area contributed by atoms with E-state index in [1.54, 1.807) is 11.3 Å². The fourth-order valence-electron chi connectivity index (χ4n) is 2.15. The van der Waals surface area contributed by atoms with Gasteiger partial charge in [-0.3, -0.25) is 4.79 Å². The molecule has 3 aromatic rings. The zero-order chi connectivity index (χ0) is 12.0. The van der Waals surface area contributed by atoms with Crippen molar-refractivity contribution in [1.82, 2.24) is 0 Å². The summed E-state index contributed by atoms with van der Waals surface area (Å²) < 4.78 is 2.31. The van der Waals surface area contributed by atoms with Crippen LogP contribution in [0.25, 0.3) is 20.2 Å². The number of aldehydes is 1. The Bertz CT molecular complexity index is 743. The van der Waals surface area contributed by atoms with Crippen LogP contribution in [0.5, 0.6) is 0 Å². The largest absolute Gasteiger partial charge is 0.298 e. The molecule has 0 bridgehead atoms. The fourth-order valence-corrected chi connectivity index (χ4v) is 3.54. The van der Waals surface area contributed by atoms with E-state index >= 15 is 0 Å². The van der Waals surface area contributed by atoms with Gasteiger partial charge in [0.2, 0.25) is 0 Å². The van der Waals surface area contributed by atoms with E-state index in [1.165, 1.54) is 0 Å². The molecule has 0 fully saturated rings. The lowest BCUT2D eigenvalue weighted by Crippen LogP contribution is -1.83. The number of carbonyl (C=O) groups excluding carboxylic acids is 1. The normalized spacial score (nSPS) is 11.2. The molecule has 0 N–H and O–H groups in total. The molecule has 0 atom stereocenters. The van der Waals surface area contributed by atoms with Crippen molar-refractivity contribution < 1.29 is 4.79 Å². The van der Waals surface area contributed by atoms with Crippen molar-refractivity contribution in [2.45, 2.75) is 6.92 Å².